The summed E-state index contributed by atoms with van der Waals surface area (Å²) in [7, 11) is 1.69. The molecule has 8 heteroatoms. The van der Waals surface area contributed by atoms with Gasteiger partial charge in [-0.25, -0.2) is 9.78 Å². The number of rotatable bonds is 5. The van der Waals surface area contributed by atoms with Crippen LogP contribution in [0.5, 0.6) is 0 Å². The zero-order valence-electron chi connectivity index (χ0n) is 9.79. The van der Waals surface area contributed by atoms with Crippen molar-refractivity contribution >= 4 is 29.4 Å². The molecule has 7 nitrogen and oxygen atoms in total. The van der Waals surface area contributed by atoms with Gasteiger partial charge in [-0.2, -0.15) is 0 Å². The van der Waals surface area contributed by atoms with E-state index < -0.39 is 6.03 Å². The predicted molar refractivity (Wildman–Crippen MR) is 68.7 cm³/mol. The molecule has 98 valence electrons. The number of hydrogen-bond acceptors (Lipinski definition) is 4. The molecule has 0 aliphatic carbocycles. The first kappa shape index (κ1) is 14.0. The highest BCUT2D eigenvalue weighted by Gasteiger charge is 2.11. The number of anilines is 1. The van der Waals surface area contributed by atoms with Crippen LogP contribution >= 0.6 is 11.6 Å². The van der Waals surface area contributed by atoms with Crippen LogP contribution < -0.4 is 21.7 Å². The number of halogens is 1. The number of hydrogen-bond donors (Lipinski definition) is 4. The highest BCUT2D eigenvalue weighted by Crippen LogP contribution is 2.17. The Morgan fingerprint density at radius 3 is 2.67 bits per heavy atom. The van der Waals surface area contributed by atoms with Crippen LogP contribution in [-0.4, -0.2) is 37.1 Å². The van der Waals surface area contributed by atoms with Gasteiger partial charge in [0.1, 0.15) is 5.82 Å². The second-order valence-electron chi connectivity index (χ2n) is 3.35. The van der Waals surface area contributed by atoms with Crippen molar-refractivity contribution in [2.24, 2.45) is 5.73 Å². The third kappa shape index (κ3) is 4.10. The van der Waals surface area contributed by atoms with E-state index in [-0.39, 0.29) is 24.0 Å². The third-order valence-electron chi connectivity index (χ3n) is 2.07. The Labute approximate surface area is 109 Å². The zero-order chi connectivity index (χ0) is 13.5. The number of amides is 3. The van der Waals surface area contributed by atoms with E-state index in [2.05, 4.69) is 20.9 Å². The van der Waals surface area contributed by atoms with Crippen molar-refractivity contribution in [3.8, 4) is 0 Å². The summed E-state index contributed by atoms with van der Waals surface area (Å²) in [4.78, 5) is 26.2. The molecule has 1 aromatic heterocycles. The van der Waals surface area contributed by atoms with Gasteiger partial charge in [-0.05, 0) is 6.07 Å². The molecule has 1 aromatic rings. The summed E-state index contributed by atoms with van der Waals surface area (Å²) in [6, 6.07) is 0.905. The lowest BCUT2D eigenvalue weighted by atomic mass is 10.2. The predicted octanol–water partition coefficient (Wildman–Crippen LogP) is 0.175. The smallest absolute Gasteiger partial charge is 0.312 e. The number of primary amides is 1. The molecule has 0 fully saturated rings. The lowest BCUT2D eigenvalue weighted by Gasteiger charge is -2.08. The number of carbonyl (C=O) groups is 2. The van der Waals surface area contributed by atoms with Gasteiger partial charge in [0.05, 0.1) is 10.6 Å². The summed E-state index contributed by atoms with van der Waals surface area (Å²) in [5.41, 5.74) is 5.20. The Morgan fingerprint density at radius 1 is 1.39 bits per heavy atom. The van der Waals surface area contributed by atoms with Crippen molar-refractivity contribution in [1.82, 2.24) is 15.6 Å². The fraction of sp³-hybridized carbons (Fsp3) is 0.300. The number of aromatic nitrogens is 1. The standard InChI is InChI=1S/C10H14ClN5O2/c1-13-8-4-6(7(11)5-16-8)9(17)14-2-3-15-10(12)18/h4-5H,2-3H2,1H3,(H,13,16)(H,14,17)(H3,12,15,18). The van der Waals surface area contributed by atoms with Crippen molar-refractivity contribution in [3.63, 3.8) is 0 Å². The van der Waals surface area contributed by atoms with E-state index in [9.17, 15) is 9.59 Å². The van der Waals surface area contributed by atoms with Gasteiger partial charge < -0.3 is 21.7 Å². The second-order valence-corrected chi connectivity index (χ2v) is 3.75. The molecule has 1 rings (SSSR count). The minimum Gasteiger partial charge on any atom is -0.373 e. The minimum absolute atomic E-state index is 0.253. The molecule has 0 aliphatic heterocycles. The molecule has 3 amide bonds. The van der Waals surface area contributed by atoms with Crippen molar-refractivity contribution in [3.05, 3.63) is 22.8 Å². The van der Waals surface area contributed by atoms with E-state index in [0.29, 0.717) is 11.4 Å². The van der Waals surface area contributed by atoms with Gasteiger partial charge in [-0.3, -0.25) is 4.79 Å². The van der Waals surface area contributed by atoms with Gasteiger partial charge in [0.15, 0.2) is 0 Å². The SMILES string of the molecule is CNc1cc(C(=O)NCCNC(N)=O)c(Cl)cn1. The topological polar surface area (TPSA) is 109 Å². The number of nitrogens with two attached hydrogens (primary N) is 1. The molecule has 0 atom stereocenters. The Balaban J connectivity index is 2.58. The number of carbonyl (C=O) groups excluding carboxylic acids is 2. The second kappa shape index (κ2) is 6.65. The van der Waals surface area contributed by atoms with E-state index in [1.807, 2.05) is 0 Å². The van der Waals surface area contributed by atoms with Gasteiger partial charge in [-0.15, -0.1) is 0 Å². The Morgan fingerprint density at radius 2 is 2.06 bits per heavy atom. The molecule has 0 aromatic carbocycles. The monoisotopic (exact) mass is 271 g/mol. The quantitative estimate of drug-likeness (QED) is 0.573. The summed E-state index contributed by atoms with van der Waals surface area (Å²) < 4.78 is 0. The molecule has 0 unspecified atom stereocenters. The summed E-state index contributed by atoms with van der Waals surface area (Å²) in [6.45, 7) is 0.512. The maximum Gasteiger partial charge on any atom is 0.312 e. The van der Waals surface area contributed by atoms with Crippen LogP contribution in [0.2, 0.25) is 5.02 Å². The van der Waals surface area contributed by atoms with Crippen LogP contribution in [0.15, 0.2) is 12.3 Å². The summed E-state index contributed by atoms with van der Waals surface area (Å²) >= 11 is 5.87. The highest BCUT2D eigenvalue weighted by molar-refractivity contribution is 6.33. The molecule has 1 heterocycles. The van der Waals surface area contributed by atoms with Gasteiger partial charge in [0, 0.05) is 26.3 Å². The Hall–Kier alpha value is -2.02. The van der Waals surface area contributed by atoms with E-state index in [1.165, 1.54) is 6.20 Å². The highest BCUT2D eigenvalue weighted by atomic mass is 35.5. The number of pyridine rings is 1. The molecule has 0 radical (unpaired) electrons. The van der Waals surface area contributed by atoms with Crippen molar-refractivity contribution in [2.45, 2.75) is 0 Å². The van der Waals surface area contributed by atoms with Gasteiger partial charge in [0.2, 0.25) is 0 Å². The molecule has 0 saturated heterocycles. The molecular formula is C10H14ClN5O2. The van der Waals surface area contributed by atoms with Crippen LogP contribution in [0.25, 0.3) is 0 Å². The maximum absolute atomic E-state index is 11.8. The average molecular weight is 272 g/mol. The fourth-order valence-electron chi connectivity index (χ4n) is 1.21. The zero-order valence-corrected chi connectivity index (χ0v) is 10.5. The molecule has 0 spiro atoms. The van der Waals surface area contributed by atoms with Crippen LogP contribution in [0.1, 0.15) is 10.4 Å². The summed E-state index contributed by atoms with van der Waals surface area (Å²) in [5, 5.41) is 8.02. The molecule has 0 aliphatic rings. The van der Waals surface area contributed by atoms with Crippen molar-refractivity contribution in [1.29, 1.82) is 0 Å². The molecule has 0 bridgehead atoms. The third-order valence-corrected chi connectivity index (χ3v) is 2.37. The summed E-state index contributed by atoms with van der Waals surface area (Å²) in [6.07, 6.45) is 1.39. The number of nitrogens with zero attached hydrogens (tertiary/aromatic N) is 1. The first-order valence-electron chi connectivity index (χ1n) is 5.19. The molecule has 0 saturated carbocycles. The van der Waals surface area contributed by atoms with Crippen LogP contribution in [0.3, 0.4) is 0 Å². The first-order valence-corrected chi connectivity index (χ1v) is 5.57. The van der Waals surface area contributed by atoms with E-state index in [4.69, 9.17) is 17.3 Å². The molecule has 18 heavy (non-hydrogen) atoms. The average Bonchev–Trinajstić information content (AvgIpc) is 2.34. The molecular weight excluding hydrogens is 258 g/mol. The fourth-order valence-corrected chi connectivity index (χ4v) is 1.40. The first-order chi connectivity index (χ1) is 8.54. The van der Waals surface area contributed by atoms with Crippen molar-refractivity contribution in [2.75, 3.05) is 25.5 Å². The normalized spacial score (nSPS) is 9.67. The molecule has 5 N–H and O–H groups in total. The largest absolute Gasteiger partial charge is 0.373 e. The number of nitrogens with one attached hydrogen (secondary N) is 3. The van der Waals surface area contributed by atoms with E-state index in [0.717, 1.165) is 0 Å². The Kier molecular flexibility index (Phi) is 5.19. The lowest BCUT2D eigenvalue weighted by molar-refractivity contribution is 0.0954. The van der Waals surface area contributed by atoms with E-state index >= 15 is 0 Å². The lowest BCUT2D eigenvalue weighted by Crippen LogP contribution is -2.37. The maximum atomic E-state index is 11.8. The van der Waals surface area contributed by atoms with Gasteiger partial charge in [0.25, 0.3) is 5.91 Å². The van der Waals surface area contributed by atoms with Crippen LogP contribution in [0, 0.1) is 0 Å². The Bertz CT molecular complexity index is 452. The van der Waals surface area contributed by atoms with Crippen LogP contribution in [-0.2, 0) is 0 Å². The van der Waals surface area contributed by atoms with E-state index in [1.54, 1.807) is 13.1 Å². The van der Waals surface area contributed by atoms with Gasteiger partial charge >= 0.3 is 6.03 Å². The number of urea groups is 1. The van der Waals surface area contributed by atoms with Crippen molar-refractivity contribution < 1.29 is 9.59 Å². The van der Waals surface area contributed by atoms with Crippen LogP contribution in [0.4, 0.5) is 10.6 Å². The summed E-state index contributed by atoms with van der Waals surface area (Å²) in [5.74, 6) is 0.199. The minimum atomic E-state index is -0.635. The van der Waals surface area contributed by atoms with Gasteiger partial charge in [-0.1, -0.05) is 11.6 Å².